The average Bonchev–Trinajstić information content (AvgIpc) is 2.45. The minimum atomic E-state index is 0.793. The van der Waals surface area contributed by atoms with Crippen LogP contribution in [-0.4, -0.2) is 54.6 Å². The second kappa shape index (κ2) is 4.28. The SMILES string of the molecule is CN1C2CCC1CN(C1CCC1CN)CC2. The summed E-state index contributed by atoms with van der Waals surface area (Å²) in [5, 5.41) is 0. The van der Waals surface area contributed by atoms with Gasteiger partial charge in [-0.15, -0.1) is 0 Å². The molecule has 92 valence electrons. The Morgan fingerprint density at radius 2 is 1.88 bits per heavy atom. The van der Waals surface area contributed by atoms with Crippen LogP contribution in [0.3, 0.4) is 0 Å². The van der Waals surface area contributed by atoms with E-state index in [2.05, 4.69) is 16.8 Å². The molecule has 0 spiro atoms. The summed E-state index contributed by atoms with van der Waals surface area (Å²) in [6, 6.07) is 2.51. The molecule has 1 aliphatic carbocycles. The highest BCUT2D eigenvalue weighted by Gasteiger charge is 2.40. The monoisotopic (exact) mass is 223 g/mol. The van der Waals surface area contributed by atoms with Crippen molar-refractivity contribution in [2.45, 2.75) is 50.2 Å². The summed E-state index contributed by atoms with van der Waals surface area (Å²) in [5.41, 5.74) is 5.84. The zero-order valence-corrected chi connectivity index (χ0v) is 10.4. The van der Waals surface area contributed by atoms with Crippen molar-refractivity contribution in [3.05, 3.63) is 0 Å². The number of nitrogens with two attached hydrogens (primary N) is 1. The molecule has 4 atom stereocenters. The summed E-state index contributed by atoms with van der Waals surface area (Å²) in [5.74, 6) is 0.793. The van der Waals surface area contributed by atoms with E-state index in [-0.39, 0.29) is 0 Å². The maximum atomic E-state index is 5.84. The van der Waals surface area contributed by atoms with Crippen LogP contribution in [0.2, 0.25) is 0 Å². The predicted octanol–water partition coefficient (Wildman–Crippen LogP) is 0.892. The topological polar surface area (TPSA) is 32.5 Å². The van der Waals surface area contributed by atoms with Gasteiger partial charge in [0.15, 0.2) is 0 Å². The maximum absolute atomic E-state index is 5.84. The number of likely N-dealkylation sites (N-methyl/N-ethyl adjacent to an activating group) is 1. The zero-order chi connectivity index (χ0) is 11.1. The summed E-state index contributed by atoms with van der Waals surface area (Å²) < 4.78 is 0. The summed E-state index contributed by atoms with van der Waals surface area (Å²) in [7, 11) is 2.33. The van der Waals surface area contributed by atoms with Crippen molar-refractivity contribution in [3.63, 3.8) is 0 Å². The molecule has 0 radical (unpaired) electrons. The highest BCUT2D eigenvalue weighted by Crippen LogP contribution is 2.36. The van der Waals surface area contributed by atoms with Gasteiger partial charge in [-0.3, -0.25) is 9.80 Å². The molecule has 3 fully saturated rings. The molecule has 0 amide bonds. The average molecular weight is 223 g/mol. The van der Waals surface area contributed by atoms with Crippen molar-refractivity contribution < 1.29 is 0 Å². The summed E-state index contributed by atoms with van der Waals surface area (Å²) in [6.45, 7) is 3.51. The summed E-state index contributed by atoms with van der Waals surface area (Å²) >= 11 is 0. The van der Waals surface area contributed by atoms with Crippen molar-refractivity contribution in [1.29, 1.82) is 0 Å². The lowest BCUT2D eigenvalue weighted by molar-refractivity contribution is 0.0591. The smallest absolute Gasteiger partial charge is 0.0223 e. The summed E-state index contributed by atoms with van der Waals surface area (Å²) in [4.78, 5) is 5.39. The van der Waals surface area contributed by atoms with Crippen LogP contribution in [0.25, 0.3) is 0 Å². The van der Waals surface area contributed by atoms with Crippen LogP contribution in [-0.2, 0) is 0 Å². The van der Waals surface area contributed by atoms with Crippen molar-refractivity contribution in [2.24, 2.45) is 11.7 Å². The molecule has 4 unspecified atom stereocenters. The van der Waals surface area contributed by atoms with Gasteiger partial charge in [0.05, 0.1) is 0 Å². The van der Waals surface area contributed by atoms with Gasteiger partial charge >= 0.3 is 0 Å². The first-order valence-corrected chi connectivity index (χ1v) is 6.95. The van der Waals surface area contributed by atoms with Crippen LogP contribution in [0.1, 0.15) is 32.1 Å². The third-order valence-corrected chi connectivity index (χ3v) is 5.33. The fourth-order valence-corrected chi connectivity index (χ4v) is 3.94. The Labute approximate surface area is 99.0 Å². The molecule has 3 heteroatoms. The van der Waals surface area contributed by atoms with E-state index < -0.39 is 0 Å². The second-order valence-electron chi connectivity index (χ2n) is 5.97. The fourth-order valence-electron chi connectivity index (χ4n) is 3.94. The van der Waals surface area contributed by atoms with Gasteiger partial charge in [-0.2, -0.15) is 0 Å². The standard InChI is InChI=1S/C13H25N3/c1-15-11-3-4-12(15)9-16(7-6-11)13-5-2-10(13)8-14/h10-13H,2-9,14H2,1H3. The molecule has 2 aliphatic heterocycles. The Kier molecular flexibility index (Phi) is 2.94. The van der Waals surface area contributed by atoms with Crippen molar-refractivity contribution in [3.8, 4) is 0 Å². The van der Waals surface area contributed by atoms with Gasteiger partial charge in [0.1, 0.15) is 0 Å². The van der Waals surface area contributed by atoms with Crippen LogP contribution in [0.15, 0.2) is 0 Å². The first kappa shape index (κ1) is 11.0. The van der Waals surface area contributed by atoms with E-state index in [9.17, 15) is 0 Å². The van der Waals surface area contributed by atoms with Crippen LogP contribution in [0, 0.1) is 5.92 Å². The zero-order valence-electron chi connectivity index (χ0n) is 10.4. The van der Waals surface area contributed by atoms with Crippen LogP contribution < -0.4 is 5.73 Å². The number of likely N-dealkylation sites (tertiary alicyclic amines) is 1. The highest BCUT2D eigenvalue weighted by molar-refractivity contribution is 4.96. The number of fused-ring (bicyclic) bond motifs is 2. The van der Waals surface area contributed by atoms with Gasteiger partial charge in [-0.05, 0) is 58.2 Å². The van der Waals surface area contributed by atoms with E-state index in [1.54, 1.807) is 0 Å². The van der Waals surface area contributed by atoms with Crippen molar-refractivity contribution in [1.82, 2.24) is 9.80 Å². The molecule has 16 heavy (non-hydrogen) atoms. The molecule has 0 aromatic heterocycles. The van der Waals surface area contributed by atoms with Gasteiger partial charge in [0.25, 0.3) is 0 Å². The molecule has 0 aromatic carbocycles. The molecule has 2 bridgehead atoms. The molecule has 3 aliphatic rings. The molecule has 0 aromatic rings. The van der Waals surface area contributed by atoms with Crippen LogP contribution >= 0.6 is 0 Å². The third kappa shape index (κ3) is 1.69. The van der Waals surface area contributed by atoms with E-state index in [4.69, 9.17) is 5.73 Å². The van der Waals surface area contributed by atoms with Gasteiger partial charge in [-0.25, -0.2) is 0 Å². The summed E-state index contributed by atoms with van der Waals surface area (Å²) in [6.07, 6.45) is 6.98. The maximum Gasteiger partial charge on any atom is 0.0223 e. The molecule has 3 rings (SSSR count). The van der Waals surface area contributed by atoms with E-state index in [1.807, 2.05) is 0 Å². The lowest BCUT2D eigenvalue weighted by Crippen LogP contribution is -2.52. The Morgan fingerprint density at radius 1 is 1.06 bits per heavy atom. The van der Waals surface area contributed by atoms with Gasteiger partial charge in [0, 0.05) is 24.7 Å². The van der Waals surface area contributed by atoms with E-state index in [1.165, 1.54) is 45.2 Å². The van der Waals surface area contributed by atoms with E-state index in [0.29, 0.717) is 0 Å². The minimum absolute atomic E-state index is 0.793. The fraction of sp³-hybridized carbons (Fsp3) is 1.00. The lowest BCUT2D eigenvalue weighted by Gasteiger charge is -2.44. The van der Waals surface area contributed by atoms with Crippen LogP contribution in [0.5, 0.6) is 0 Å². The van der Waals surface area contributed by atoms with Gasteiger partial charge in [-0.1, -0.05) is 0 Å². The molecule has 2 saturated heterocycles. The molecular formula is C13H25N3. The normalized spacial score (nSPS) is 45.4. The second-order valence-corrected chi connectivity index (χ2v) is 5.97. The number of nitrogens with zero attached hydrogens (tertiary/aromatic N) is 2. The molecule has 3 nitrogen and oxygen atoms in total. The van der Waals surface area contributed by atoms with Crippen LogP contribution in [0.4, 0.5) is 0 Å². The molecule has 2 heterocycles. The Morgan fingerprint density at radius 3 is 2.56 bits per heavy atom. The third-order valence-electron chi connectivity index (χ3n) is 5.33. The molecule has 1 saturated carbocycles. The van der Waals surface area contributed by atoms with Crippen molar-refractivity contribution in [2.75, 3.05) is 26.7 Å². The number of rotatable bonds is 2. The first-order chi connectivity index (χ1) is 7.79. The predicted molar refractivity (Wildman–Crippen MR) is 66.3 cm³/mol. The van der Waals surface area contributed by atoms with Gasteiger partial charge in [0.2, 0.25) is 0 Å². The van der Waals surface area contributed by atoms with E-state index in [0.717, 1.165) is 30.6 Å². The van der Waals surface area contributed by atoms with Gasteiger partial charge < -0.3 is 5.73 Å². The highest BCUT2D eigenvalue weighted by atomic mass is 15.3. The quantitative estimate of drug-likeness (QED) is 0.755. The first-order valence-electron chi connectivity index (χ1n) is 6.95. The molecule has 2 N–H and O–H groups in total. The lowest BCUT2D eigenvalue weighted by atomic mass is 9.78. The van der Waals surface area contributed by atoms with E-state index >= 15 is 0 Å². The largest absolute Gasteiger partial charge is 0.330 e. The Hall–Kier alpha value is -0.120. The van der Waals surface area contributed by atoms with Crippen molar-refractivity contribution >= 4 is 0 Å². The number of hydrogen-bond acceptors (Lipinski definition) is 3. The molecular weight excluding hydrogens is 198 g/mol. The Bertz CT molecular complexity index is 254. The number of hydrogen-bond donors (Lipinski definition) is 1. The minimum Gasteiger partial charge on any atom is -0.330 e. The Balaban J connectivity index is 1.65.